The Hall–Kier alpha value is 0.170. The van der Waals surface area contributed by atoms with Crippen molar-refractivity contribution in [1.29, 1.82) is 0 Å². The Balaban J connectivity index is 0. The molecule has 3 nitrogen and oxygen atoms in total. The van der Waals surface area contributed by atoms with Crippen molar-refractivity contribution in [2.45, 2.75) is 117 Å². The van der Waals surface area contributed by atoms with Gasteiger partial charge in [-0.2, -0.15) is 5.48 Å². The van der Waals surface area contributed by atoms with Crippen molar-refractivity contribution in [2.75, 3.05) is 6.54 Å². The average Bonchev–Trinajstić information content (AvgIpc) is 2.53. The van der Waals surface area contributed by atoms with Gasteiger partial charge in [-0.1, -0.05) is 103 Å². The van der Waals surface area contributed by atoms with E-state index in [1.54, 1.807) is 0 Å². The van der Waals surface area contributed by atoms with E-state index in [-0.39, 0.29) is 28.3 Å². The molecule has 24 heavy (non-hydrogen) atoms. The molecule has 0 atom stereocenters. The standard InChI is InChI=1S/C20H41NO2.Ag/c1-3-4-5-6-7-8-9-10-11-12-13-14-15-16-17-18-19-21-23-20(2)22;/h21H,3-19H2,1-2H3;. The van der Waals surface area contributed by atoms with Crippen LogP contribution in [0.5, 0.6) is 0 Å². The Morgan fingerprint density at radius 2 is 1.00 bits per heavy atom. The number of unbranched alkanes of at least 4 members (excludes halogenated alkanes) is 15. The molecular formula is C20H41AgNO2. The van der Waals surface area contributed by atoms with Gasteiger partial charge in [-0.15, -0.1) is 0 Å². The third-order valence-electron chi connectivity index (χ3n) is 4.35. The average molecular weight is 435 g/mol. The van der Waals surface area contributed by atoms with E-state index in [1.165, 1.54) is 103 Å². The molecule has 0 saturated carbocycles. The van der Waals surface area contributed by atoms with Crippen LogP contribution in [0, 0.1) is 0 Å². The number of nitrogens with one attached hydrogen (secondary N) is 1. The Kier molecular flexibility index (Phi) is 25.5. The van der Waals surface area contributed by atoms with E-state index in [0.717, 1.165) is 13.0 Å². The molecule has 0 aromatic carbocycles. The summed E-state index contributed by atoms with van der Waals surface area (Å²) < 4.78 is 0. The van der Waals surface area contributed by atoms with E-state index < -0.39 is 0 Å². The number of carbonyl (C=O) groups is 1. The second-order valence-corrected chi connectivity index (χ2v) is 6.79. The number of hydrogen-bond acceptors (Lipinski definition) is 3. The Morgan fingerprint density at radius 1 is 0.667 bits per heavy atom. The first kappa shape index (κ1) is 26.4. The fourth-order valence-electron chi connectivity index (χ4n) is 2.90. The van der Waals surface area contributed by atoms with Crippen LogP contribution in [0.2, 0.25) is 0 Å². The topological polar surface area (TPSA) is 38.3 Å². The summed E-state index contributed by atoms with van der Waals surface area (Å²) in [4.78, 5) is 15.2. The van der Waals surface area contributed by atoms with Crippen LogP contribution in [0.4, 0.5) is 0 Å². The predicted octanol–water partition coefficient (Wildman–Crippen LogP) is 6.31. The Morgan fingerprint density at radius 3 is 1.33 bits per heavy atom. The number of hydrogen-bond donors (Lipinski definition) is 1. The van der Waals surface area contributed by atoms with Crippen LogP contribution >= 0.6 is 0 Å². The van der Waals surface area contributed by atoms with Crippen LogP contribution in [-0.4, -0.2) is 12.5 Å². The molecule has 0 fully saturated rings. The predicted molar refractivity (Wildman–Crippen MR) is 99.3 cm³/mol. The molecule has 0 spiro atoms. The van der Waals surface area contributed by atoms with Gasteiger partial charge in [0.1, 0.15) is 0 Å². The van der Waals surface area contributed by atoms with E-state index in [9.17, 15) is 4.79 Å². The van der Waals surface area contributed by atoms with Gasteiger partial charge in [-0.3, -0.25) is 4.79 Å². The van der Waals surface area contributed by atoms with Gasteiger partial charge in [0.25, 0.3) is 0 Å². The number of carbonyl (C=O) groups excluding carboxylic acids is 1. The molecule has 0 aromatic heterocycles. The maximum absolute atomic E-state index is 10.5. The summed E-state index contributed by atoms with van der Waals surface area (Å²) in [5.41, 5.74) is 2.68. The van der Waals surface area contributed by atoms with E-state index in [0.29, 0.717) is 0 Å². The summed E-state index contributed by atoms with van der Waals surface area (Å²) >= 11 is 0. The monoisotopic (exact) mass is 434 g/mol. The van der Waals surface area contributed by atoms with Gasteiger partial charge in [0.05, 0.1) is 0 Å². The molecule has 0 aliphatic carbocycles. The first-order valence-corrected chi connectivity index (χ1v) is 10.2. The van der Waals surface area contributed by atoms with Crippen LogP contribution in [0.25, 0.3) is 0 Å². The largest absolute Gasteiger partial charge is 0.371 e. The smallest absolute Gasteiger partial charge is 0.321 e. The minimum absolute atomic E-state index is 0. The van der Waals surface area contributed by atoms with E-state index in [2.05, 4.69) is 17.2 Å². The van der Waals surface area contributed by atoms with Crippen molar-refractivity contribution >= 4 is 5.97 Å². The maximum atomic E-state index is 10.5. The SMILES string of the molecule is CCCCCCCCCCCCCCCCCCNOC(C)=O.[Ag]. The number of hydroxylamine groups is 1. The van der Waals surface area contributed by atoms with Crippen LogP contribution in [0.15, 0.2) is 0 Å². The van der Waals surface area contributed by atoms with Crippen molar-refractivity contribution in [3.8, 4) is 0 Å². The minimum atomic E-state index is -0.263. The van der Waals surface area contributed by atoms with Gasteiger partial charge in [-0.05, 0) is 6.42 Å². The summed E-state index contributed by atoms with van der Waals surface area (Å²) in [6, 6.07) is 0. The van der Waals surface area contributed by atoms with E-state index >= 15 is 0 Å². The molecule has 0 aromatic rings. The van der Waals surface area contributed by atoms with Crippen molar-refractivity contribution in [3.63, 3.8) is 0 Å². The van der Waals surface area contributed by atoms with Gasteiger partial charge in [0.2, 0.25) is 0 Å². The summed E-state index contributed by atoms with van der Waals surface area (Å²) in [7, 11) is 0. The molecule has 0 rings (SSSR count). The maximum Gasteiger partial charge on any atom is 0.321 e. The van der Waals surface area contributed by atoms with Crippen molar-refractivity contribution in [2.24, 2.45) is 0 Å². The molecule has 1 radical (unpaired) electrons. The second kappa shape index (κ2) is 23.2. The fourth-order valence-corrected chi connectivity index (χ4v) is 2.90. The summed E-state index contributed by atoms with van der Waals surface area (Å²) in [5, 5.41) is 0. The minimum Gasteiger partial charge on any atom is -0.371 e. The third-order valence-corrected chi connectivity index (χ3v) is 4.35. The quantitative estimate of drug-likeness (QED) is 0.156. The summed E-state index contributed by atoms with van der Waals surface area (Å²) in [6.07, 6.45) is 22.1. The molecule has 0 saturated heterocycles. The van der Waals surface area contributed by atoms with Gasteiger partial charge < -0.3 is 4.84 Å². The molecule has 0 bridgehead atoms. The second-order valence-electron chi connectivity index (χ2n) is 6.79. The number of rotatable bonds is 18. The van der Waals surface area contributed by atoms with Crippen molar-refractivity contribution in [3.05, 3.63) is 0 Å². The van der Waals surface area contributed by atoms with Crippen LogP contribution in [0.1, 0.15) is 117 Å². The zero-order chi connectivity index (χ0) is 17.0. The van der Waals surface area contributed by atoms with Gasteiger partial charge >= 0.3 is 5.97 Å². The van der Waals surface area contributed by atoms with E-state index in [4.69, 9.17) is 0 Å². The molecule has 0 unspecified atom stereocenters. The van der Waals surface area contributed by atoms with E-state index in [1.807, 2.05) is 0 Å². The van der Waals surface area contributed by atoms with Crippen molar-refractivity contribution < 1.29 is 32.0 Å². The Labute approximate surface area is 166 Å². The van der Waals surface area contributed by atoms with Crippen LogP contribution in [-0.2, 0) is 32.0 Å². The molecular weight excluding hydrogens is 394 g/mol. The molecule has 1 N–H and O–H groups in total. The first-order valence-electron chi connectivity index (χ1n) is 10.2. The van der Waals surface area contributed by atoms with Crippen LogP contribution in [0.3, 0.4) is 0 Å². The first-order chi connectivity index (χ1) is 11.3. The molecule has 0 aliphatic rings. The van der Waals surface area contributed by atoms with Crippen LogP contribution < -0.4 is 5.48 Å². The zero-order valence-electron chi connectivity index (χ0n) is 16.1. The Bertz CT molecular complexity index is 250. The third kappa shape index (κ3) is 24.4. The molecule has 0 heterocycles. The molecule has 0 aliphatic heterocycles. The van der Waals surface area contributed by atoms with Gasteiger partial charge in [0, 0.05) is 35.8 Å². The van der Waals surface area contributed by atoms with Gasteiger partial charge in [0.15, 0.2) is 0 Å². The fraction of sp³-hybridized carbons (Fsp3) is 0.950. The van der Waals surface area contributed by atoms with Crippen molar-refractivity contribution in [1.82, 2.24) is 5.48 Å². The molecule has 0 amide bonds. The van der Waals surface area contributed by atoms with Gasteiger partial charge in [-0.25, -0.2) is 0 Å². The normalized spacial score (nSPS) is 10.4. The zero-order valence-corrected chi connectivity index (χ0v) is 17.6. The molecule has 4 heteroatoms. The summed E-state index contributed by atoms with van der Waals surface area (Å²) in [5.74, 6) is -0.263. The summed E-state index contributed by atoms with van der Waals surface area (Å²) in [6.45, 7) is 4.47. The molecule has 149 valence electrons.